The largest absolute Gasteiger partial charge is 0.497 e. The number of guanidine groups is 1. The van der Waals surface area contributed by atoms with Crippen LogP contribution in [0.4, 0.5) is 0 Å². The van der Waals surface area contributed by atoms with Gasteiger partial charge >= 0.3 is 0 Å². The van der Waals surface area contributed by atoms with Crippen LogP contribution in [0.5, 0.6) is 5.75 Å². The van der Waals surface area contributed by atoms with E-state index in [2.05, 4.69) is 39.9 Å². The fraction of sp³-hybridized carbons (Fsp3) is 0.350. The van der Waals surface area contributed by atoms with E-state index >= 15 is 0 Å². The van der Waals surface area contributed by atoms with E-state index in [9.17, 15) is 0 Å². The van der Waals surface area contributed by atoms with Crippen LogP contribution in [0, 0.1) is 0 Å². The maximum absolute atomic E-state index is 5.26. The standard InChI is InChI=1S/C20H25N3O.HI/c1-21-20(22-13-15-5-3-8-19(12-15)24-2)23-14-16-9-10-17-6-4-7-18(17)11-16;/h3,5,8-12H,4,6-7,13-14H2,1-2H3,(H2,21,22,23);1H. The van der Waals surface area contributed by atoms with E-state index < -0.39 is 0 Å². The van der Waals surface area contributed by atoms with Crippen molar-refractivity contribution < 1.29 is 4.74 Å². The zero-order valence-electron chi connectivity index (χ0n) is 14.8. The molecule has 0 spiro atoms. The molecule has 2 aromatic carbocycles. The van der Waals surface area contributed by atoms with Gasteiger partial charge in [0.15, 0.2) is 5.96 Å². The van der Waals surface area contributed by atoms with Gasteiger partial charge < -0.3 is 15.4 Å². The first kappa shape index (κ1) is 19.6. The van der Waals surface area contributed by atoms with Crippen molar-refractivity contribution in [1.82, 2.24) is 10.6 Å². The summed E-state index contributed by atoms with van der Waals surface area (Å²) in [5, 5.41) is 6.73. The molecule has 4 nitrogen and oxygen atoms in total. The van der Waals surface area contributed by atoms with Crippen molar-refractivity contribution in [2.45, 2.75) is 32.4 Å². The Kier molecular flexibility index (Phi) is 7.55. The molecule has 25 heavy (non-hydrogen) atoms. The highest BCUT2D eigenvalue weighted by molar-refractivity contribution is 14.0. The van der Waals surface area contributed by atoms with E-state index in [1.165, 1.54) is 36.0 Å². The van der Waals surface area contributed by atoms with Crippen LogP contribution in [0.2, 0.25) is 0 Å². The second-order valence-corrected chi connectivity index (χ2v) is 6.09. The molecule has 5 heteroatoms. The van der Waals surface area contributed by atoms with Crippen molar-refractivity contribution >= 4 is 29.9 Å². The van der Waals surface area contributed by atoms with Crippen LogP contribution in [0.15, 0.2) is 47.5 Å². The zero-order chi connectivity index (χ0) is 16.8. The number of benzene rings is 2. The average molecular weight is 451 g/mol. The van der Waals surface area contributed by atoms with E-state index in [1.807, 2.05) is 18.2 Å². The summed E-state index contributed by atoms with van der Waals surface area (Å²) in [5.41, 5.74) is 5.49. The Bertz CT molecular complexity index is 731. The summed E-state index contributed by atoms with van der Waals surface area (Å²) in [4.78, 5) is 4.30. The van der Waals surface area contributed by atoms with E-state index in [0.717, 1.165) is 23.8 Å². The number of hydrogen-bond acceptors (Lipinski definition) is 2. The molecule has 0 saturated heterocycles. The van der Waals surface area contributed by atoms with Crippen molar-refractivity contribution in [3.63, 3.8) is 0 Å². The van der Waals surface area contributed by atoms with Crippen LogP contribution in [0.1, 0.15) is 28.7 Å². The van der Waals surface area contributed by atoms with Gasteiger partial charge in [0.25, 0.3) is 0 Å². The van der Waals surface area contributed by atoms with E-state index in [4.69, 9.17) is 4.74 Å². The van der Waals surface area contributed by atoms with Gasteiger partial charge in [0.2, 0.25) is 0 Å². The number of methoxy groups -OCH3 is 1. The van der Waals surface area contributed by atoms with E-state index in [1.54, 1.807) is 14.2 Å². The lowest BCUT2D eigenvalue weighted by atomic mass is 10.1. The Balaban J connectivity index is 0.00000225. The maximum Gasteiger partial charge on any atom is 0.191 e. The summed E-state index contributed by atoms with van der Waals surface area (Å²) in [6.45, 7) is 1.49. The molecule has 0 fully saturated rings. The van der Waals surface area contributed by atoms with Gasteiger partial charge in [0.05, 0.1) is 7.11 Å². The number of nitrogens with one attached hydrogen (secondary N) is 2. The van der Waals surface area contributed by atoms with Gasteiger partial charge in [-0.05, 0) is 53.6 Å². The minimum atomic E-state index is 0. The monoisotopic (exact) mass is 451 g/mol. The smallest absolute Gasteiger partial charge is 0.191 e. The normalized spacial score (nSPS) is 13.0. The van der Waals surface area contributed by atoms with Crippen molar-refractivity contribution in [2.75, 3.05) is 14.2 Å². The van der Waals surface area contributed by atoms with Crippen LogP contribution < -0.4 is 15.4 Å². The van der Waals surface area contributed by atoms with Crippen molar-refractivity contribution in [3.8, 4) is 5.75 Å². The predicted octanol–water partition coefficient (Wildman–Crippen LogP) is 3.67. The Hall–Kier alpha value is -1.76. The third-order valence-corrected chi connectivity index (χ3v) is 4.44. The van der Waals surface area contributed by atoms with Crippen molar-refractivity contribution in [3.05, 3.63) is 64.7 Å². The number of halogens is 1. The Morgan fingerprint density at radius 3 is 2.44 bits per heavy atom. The molecule has 0 aromatic heterocycles. The first-order valence-corrected chi connectivity index (χ1v) is 8.46. The molecule has 0 unspecified atom stereocenters. The lowest BCUT2D eigenvalue weighted by Crippen LogP contribution is -2.36. The molecule has 3 rings (SSSR count). The molecule has 2 N–H and O–H groups in total. The molecule has 0 atom stereocenters. The third kappa shape index (κ3) is 5.36. The van der Waals surface area contributed by atoms with Gasteiger partial charge in [-0.15, -0.1) is 24.0 Å². The van der Waals surface area contributed by atoms with Gasteiger partial charge in [-0.2, -0.15) is 0 Å². The molecule has 134 valence electrons. The summed E-state index contributed by atoms with van der Waals surface area (Å²) in [7, 11) is 3.48. The van der Waals surface area contributed by atoms with Crippen molar-refractivity contribution in [1.29, 1.82) is 0 Å². The minimum absolute atomic E-state index is 0. The number of ether oxygens (including phenoxy) is 1. The average Bonchev–Trinajstić information content (AvgIpc) is 3.10. The third-order valence-electron chi connectivity index (χ3n) is 4.44. The molecule has 0 amide bonds. The summed E-state index contributed by atoms with van der Waals surface area (Å²) in [6.07, 6.45) is 3.73. The minimum Gasteiger partial charge on any atom is -0.497 e. The maximum atomic E-state index is 5.26. The number of fused-ring (bicyclic) bond motifs is 1. The molecular weight excluding hydrogens is 425 g/mol. The highest BCUT2D eigenvalue weighted by Gasteiger charge is 2.10. The van der Waals surface area contributed by atoms with Crippen LogP contribution in [-0.2, 0) is 25.9 Å². The fourth-order valence-corrected chi connectivity index (χ4v) is 3.11. The topological polar surface area (TPSA) is 45.7 Å². The number of nitrogens with zero attached hydrogens (tertiary/aromatic N) is 1. The summed E-state index contributed by atoms with van der Waals surface area (Å²) in [5.74, 6) is 1.67. The van der Waals surface area contributed by atoms with Gasteiger partial charge in [0, 0.05) is 20.1 Å². The molecule has 0 bridgehead atoms. The second kappa shape index (κ2) is 9.65. The van der Waals surface area contributed by atoms with Gasteiger partial charge in [0.1, 0.15) is 5.75 Å². The number of aryl methyl sites for hydroxylation is 2. The highest BCUT2D eigenvalue weighted by Crippen LogP contribution is 2.22. The Labute approximate surface area is 167 Å². The summed E-state index contributed by atoms with van der Waals surface area (Å²) in [6, 6.07) is 14.9. The van der Waals surface area contributed by atoms with E-state index in [-0.39, 0.29) is 24.0 Å². The summed E-state index contributed by atoms with van der Waals surface area (Å²) < 4.78 is 5.26. The van der Waals surface area contributed by atoms with Gasteiger partial charge in [-0.25, -0.2) is 0 Å². The van der Waals surface area contributed by atoms with Crippen LogP contribution in [-0.4, -0.2) is 20.1 Å². The van der Waals surface area contributed by atoms with Crippen LogP contribution in [0.3, 0.4) is 0 Å². The molecule has 2 aromatic rings. The zero-order valence-corrected chi connectivity index (χ0v) is 17.2. The van der Waals surface area contributed by atoms with Crippen LogP contribution >= 0.6 is 24.0 Å². The number of hydrogen-bond donors (Lipinski definition) is 2. The Morgan fingerprint density at radius 1 is 1.00 bits per heavy atom. The predicted molar refractivity (Wildman–Crippen MR) is 114 cm³/mol. The first-order valence-electron chi connectivity index (χ1n) is 8.46. The first-order chi connectivity index (χ1) is 11.8. The van der Waals surface area contributed by atoms with E-state index in [0.29, 0.717) is 6.54 Å². The van der Waals surface area contributed by atoms with Crippen molar-refractivity contribution in [2.24, 2.45) is 4.99 Å². The SMILES string of the molecule is CN=C(NCc1cccc(OC)c1)NCc1ccc2c(c1)CCC2.I. The second-order valence-electron chi connectivity index (χ2n) is 6.09. The summed E-state index contributed by atoms with van der Waals surface area (Å²) >= 11 is 0. The lowest BCUT2D eigenvalue weighted by Gasteiger charge is -2.13. The quantitative estimate of drug-likeness (QED) is 0.415. The molecule has 1 aliphatic carbocycles. The lowest BCUT2D eigenvalue weighted by molar-refractivity contribution is 0.414. The molecule has 0 aliphatic heterocycles. The molecule has 0 saturated carbocycles. The number of rotatable bonds is 5. The molecule has 0 heterocycles. The molecular formula is C20H26IN3O. The number of aliphatic imine (C=N–C) groups is 1. The van der Waals surface area contributed by atoms with Gasteiger partial charge in [-0.1, -0.05) is 30.3 Å². The molecule has 1 aliphatic rings. The molecule has 0 radical (unpaired) electrons. The van der Waals surface area contributed by atoms with Crippen LogP contribution in [0.25, 0.3) is 0 Å². The Morgan fingerprint density at radius 2 is 1.72 bits per heavy atom. The highest BCUT2D eigenvalue weighted by atomic mass is 127. The fourth-order valence-electron chi connectivity index (χ4n) is 3.11. The van der Waals surface area contributed by atoms with Gasteiger partial charge in [-0.3, -0.25) is 4.99 Å².